The summed E-state index contributed by atoms with van der Waals surface area (Å²) in [6, 6.07) is 8.19. The van der Waals surface area contributed by atoms with Crippen LogP contribution in [0.5, 0.6) is 0 Å². The van der Waals surface area contributed by atoms with Gasteiger partial charge in [-0.15, -0.1) is 0 Å². The summed E-state index contributed by atoms with van der Waals surface area (Å²) >= 11 is 0. The molecule has 1 atom stereocenters. The number of benzene rings is 1. The summed E-state index contributed by atoms with van der Waals surface area (Å²) in [5, 5.41) is 0. The van der Waals surface area contributed by atoms with Crippen molar-refractivity contribution in [3.63, 3.8) is 0 Å². The van der Waals surface area contributed by atoms with Crippen molar-refractivity contribution in [1.82, 2.24) is 0 Å². The monoisotopic (exact) mass is 276 g/mol. The van der Waals surface area contributed by atoms with Gasteiger partial charge in [-0.05, 0) is 38.7 Å². The van der Waals surface area contributed by atoms with Gasteiger partial charge in [-0.2, -0.15) is 0 Å². The molecule has 20 heavy (non-hydrogen) atoms. The van der Waals surface area contributed by atoms with Crippen LogP contribution in [0.2, 0.25) is 0 Å². The molecule has 0 bridgehead atoms. The van der Waals surface area contributed by atoms with Crippen molar-refractivity contribution in [2.75, 3.05) is 13.4 Å². The number of rotatable bonds is 2. The van der Waals surface area contributed by atoms with E-state index in [4.69, 9.17) is 18.8 Å². The van der Waals surface area contributed by atoms with Gasteiger partial charge in [-0.1, -0.05) is 24.3 Å². The first kappa shape index (κ1) is 14.1. The maximum Gasteiger partial charge on any atom is 0.494 e. The lowest BCUT2D eigenvalue weighted by molar-refractivity contribution is 0.00578. The Morgan fingerprint density at radius 1 is 1.00 bits per heavy atom. The van der Waals surface area contributed by atoms with Crippen LogP contribution >= 0.6 is 0 Å². The molecule has 1 unspecified atom stereocenters. The quantitative estimate of drug-likeness (QED) is 0.774. The zero-order valence-corrected chi connectivity index (χ0v) is 12.5. The van der Waals surface area contributed by atoms with E-state index in [1.807, 2.05) is 12.1 Å². The van der Waals surface area contributed by atoms with Crippen molar-refractivity contribution in [3.05, 3.63) is 29.8 Å². The van der Waals surface area contributed by atoms with Crippen LogP contribution in [0.25, 0.3) is 0 Å². The van der Waals surface area contributed by atoms with Gasteiger partial charge in [0.25, 0.3) is 0 Å². The Balaban J connectivity index is 1.75. The number of ether oxygens (including phenoxy) is 2. The third kappa shape index (κ3) is 2.39. The predicted octanol–water partition coefficient (Wildman–Crippen LogP) is 2.03. The molecule has 1 aromatic rings. The molecule has 0 saturated carbocycles. The van der Waals surface area contributed by atoms with Gasteiger partial charge >= 0.3 is 7.12 Å². The van der Waals surface area contributed by atoms with E-state index in [1.54, 1.807) is 0 Å². The van der Waals surface area contributed by atoms with Gasteiger partial charge in [0.2, 0.25) is 0 Å². The van der Waals surface area contributed by atoms with E-state index in [-0.39, 0.29) is 24.4 Å². The Hall–Kier alpha value is -0.875. The summed E-state index contributed by atoms with van der Waals surface area (Å²) < 4.78 is 22.8. The zero-order valence-electron chi connectivity index (χ0n) is 12.5. The van der Waals surface area contributed by atoms with E-state index in [2.05, 4.69) is 39.8 Å². The fraction of sp³-hybridized carbons (Fsp3) is 0.600. The van der Waals surface area contributed by atoms with Crippen molar-refractivity contribution in [2.45, 2.75) is 45.0 Å². The average molecular weight is 276 g/mol. The topological polar surface area (TPSA) is 36.9 Å². The second kappa shape index (κ2) is 4.84. The zero-order chi connectivity index (χ0) is 14.4. The van der Waals surface area contributed by atoms with Gasteiger partial charge in [0.1, 0.15) is 12.9 Å². The van der Waals surface area contributed by atoms with E-state index in [0.29, 0.717) is 13.4 Å². The standard InChI is InChI=1S/C15H21BO4/c1-14(2)15(3,4)20-16(19-14)12-7-5-11(6-8-12)13-9-17-10-18-13/h5-8,13H,9-10H2,1-4H3. The minimum atomic E-state index is -0.310. The maximum atomic E-state index is 6.04. The summed E-state index contributed by atoms with van der Waals surface area (Å²) in [4.78, 5) is 0. The number of hydrogen-bond acceptors (Lipinski definition) is 4. The van der Waals surface area contributed by atoms with Crippen LogP contribution in [-0.2, 0) is 18.8 Å². The Kier molecular flexibility index (Phi) is 3.41. The minimum Gasteiger partial charge on any atom is -0.399 e. The molecule has 2 aliphatic heterocycles. The van der Waals surface area contributed by atoms with Crippen molar-refractivity contribution >= 4 is 12.6 Å². The van der Waals surface area contributed by atoms with E-state index < -0.39 is 0 Å². The summed E-state index contributed by atoms with van der Waals surface area (Å²) in [6.07, 6.45) is 0.0438. The second-order valence-corrected chi connectivity index (χ2v) is 6.40. The molecular formula is C15H21BO4. The van der Waals surface area contributed by atoms with Gasteiger partial charge in [0.15, 0.2) is 0 Å². The largest absolute Gasteiger partial charge is 0.494 e. The minimum absolute atomic E-state index is 0.0438. The van der Waals surface area contributed by atoms with Crippen LogP contribution < -0.4 is 5.46 Å². The Labute approximate surface area is 120 Å². The van der Waals surface area contributed by atoms with Gasteiger partial charge < -0.3 is 18.8 Å². The molecule has 0 aliphatic carbocycles. The van der Waals surface area contributed by atoms with Gasteiger partial charge in [0.05, 0.1) is 17.8 Å². The summed E-state index contributed by atoms with van der Waals surface area (Å²) in [6.45, 7) is 9.24. The molecule has 5 heteroatoms. The SMILES string of the molecule is CC1(C)OB(c2ccc(C3COCO3)cc2)OC1(C)C. The molecule has 3 rings (SSSR count). The Bertz CT molecular complexity index is 461. The highest BCUT2D eigenvalue weighted by Crippen LogP contribution is 2.36. The first-order valence-electron chi connectivity index (χ1n) is 7.04. The molecule has 2 heterocycles. The Morgan fingerprint density at radius 2 is 1.60 bits per heavy atom. The van der Waals surface area contributed by atoms with Gasteiger partial charge in [-0.3, -0.25) is 0 Å². The molecule has 0 radical (unpaired) electrons. The molecule has 1 aromatic carbocycles. The molecule has 2 saturated heterocycles. The smallest absolute Gasteiger partial charge is 0.399 e. The molecular weight excluding hydrogens is 255 g/mol. The van der Waals surface area contributed by atoms with Crippen LogP contribution in [0, 0.1) is 0 Å². The molecule has 0 aromatic heterocycles. The molecule has 2 fully saturated rings. The third-order valence-electron chi connectivity index (χ3n) is 4.46. The fourth-order valence-electron chi connectivity index (χ4n) is 2.37. The maximum absolute atomic E-state index is 6.04. The van der Waals surface area contributed by atoms with Crippen molar-refractivity contribution in [3.8, 4) is 0 Å². The van der Waals surface area contributed by atoms with Crippen LogP contribution in [0.1, 0.15) is 39.4 Å². The van der Waals surface area contributed by atoms with Crippen LogP contribution in [0.3, 0.4) is 0 Å². The van der Waals surface area contributed by atoms with Gasteiger partial charge in [0, 0.05) is 0 Å². The first-order valence-corrected chi connectivity index (χ1v) is 7.04. The van der Waals surface area contributed by atoms with E-state index >= 15 is 0 Å². The normalized spacial score (nSPS) is 28.0. The first-order chi connectivity index (χ1) is 9.39. The van der Waals surface area contributed by atoms with E-state index in [1.165, 1.54) is 0 Å². The predicted molar refractivity (Wildman–Crippen MR) is 76.8 cm³/mol. The van der Waals surface area contributed by atoms with Gasteiger partial charge in [-0.25, -0.2) is 0 Å². The number of hydrogen-bond donors (Lipinski definition) is 0. The summed E-state index contributed by atoms with van der Waals surface area (Å²) in [5.41, 5.74) is 1.55. The highest BCUT2D eigenvalue weighted by Gasteiger charge is 2.51. The van der Waals surface area contributed by atoms with Crippen LogP contribution in [0.4, 0.5) is 0 Å². The summed E-state index contributed by atoms with van der Waals surface area (Å²) in [5.74, 6) is 0. The molecule has 4 nitrogen and oxygen atoms in total. The average Bonchev–Trinajstić information content (AvgIpc) is 2.97. The highest BCUT2D eigenvalue weighted by molar-refractivity contribution is 6.62. The lowest BCUT2D eigenvalue weighted by atomic mass is 9.78. The van der Waals surface area contributed by atoms with E-state index in [9.17, 15) is 0 Å². The summed E-state index contributed by atoms with van der Waals surface area (Å²) in [7, 11) is -0.310. The highest BCUT2D eigenvalue weighted by atomic mass is 16.7. The third-order valence-corrected chi connectivity index (χ3v) is 4.46. The fourth-order valence-corrected chi connectivity index (χ4v) is 2.37. The lowest BCUT2D eigenvalue weighted by Crippen LogP contribution is -2.41. The lowest BCUT2D eigenvalue weighted by Gasteiger charge is -2.32. The van der Waals surface area contributed by atoms with E-state index in [0.717, 1.165) is 11.0 Å². The molecule has 0 amide bonds. The van der Waals surface area contributed by atoms with Crippen molar-refractivity contribution in [1.29, 1.82) is 0 Å². The van der Waals surface area contributed by atoms with Crippen LogP contribution in [-0.4, -0.2) is 31.7 Å². The molecule has 0 N–H and O–H groups in total. The molecule has 0 spiro atoms. The van der Waals surface area contributed by atoms with Crippen LogP contribution in [0.15, 0.2) is 24.3 Å². The van der Waals surface area contributed by atoms with Crippen molar-refractivity contribution < 1.29 is 18.8 Å². The van der Waals surface area contributed by atoms with Crippen molar-refractivity contribution in [2.24, 2.45) is 0 Å². The second-order valence-electron chi connectivity index (χ2n) is 6.40. The molecule has 2 aliphatic rings. The molecule has 108 valence electrons. The Morgan fingerprint density at radius 3 is 2.10 bits per heavy atom.